The first-order valence-electron chi connectivity index (χ1n) is 11.0. The second-order valence-electron chi connectivity index (χ2n) is 8.54. The molecule has 2 aromatic rings. The van der Waals surface area contributed by atoms with Crippen LogP contribution in [0.3, 0.4) is 0 Å². The number of alkyl halides is 3. The second-order valence-corrected chi connectivity index (χ2v) is 10.4. The molecule has 0 spiro atoms. The summed E-state index contributed by atoms with van der Waals surface area (Å²) < 4.78 is 74.3. The number of hydrogen-bond donors (Lipinski definition) is 1. The number of nitrogens with two attached hydrogens (primary N) is 1. The molecule has 0 radical (unpaired) electrons. The van der Waals surface area contributed by atoms with Gasteiger partial charge in [0.05, 0.1) is 4.90 Å². The fraction of sp³-hybridized carbons (Fsp3) is 0.435. The van der Waals surface area contributed by atoms with Crippen LogP contribution in [0.25, 0.3) is 11.1 Å². The molecule has 2 fully saturated rings. The molecule has 2 aliphatic rings. The quantitative estimate of drug-likeness (QED) is 0.634. The first-order valence-corrected chi connectivity index (χ1v) is 12.4. The molecule has 1 saturated carbocycles. The molecule has 0 aromatic heterocycles. The third-order valence-corrected chi connectivity index (χ3v) is 8.33. The summed E-state index contributed by atoms with van der Waals surface area (Å²) in [5.74, 6) is -0.153. The number of primary amides is 1. The van der Waals surface area contributed by atoms with E-state index in [2.05, 4.69) is 4.74 Å². The minimum absolute atomic E-state index is 0.0283. The summed E-state index contributed by atoms with van der Waals surface area (Å²) in [4.78, 5) is 11.6. The Bertz CT molecular complexity index is 1120. The second kappa shape index (κ2) is 9.46. The van der Waals surface area contributed by atoms with Gasteiger partial charge in [-0.25, -0.2) is 13.2 Å². The number of hydrogen-bond acceptors (Lipinski definition) is 5. The molecule has 0 bridgehead atoms. The van der Waals surface area contributed by atoms with Crippen LogP contribution in [0, 0.1) is 11.8 Å². The normalized spacial score (nSPS) is 23.7. The minimum Gasteiger partial charge on any atom is -0.429 e. The molecule has 11 heteroatoms. The Labute approximate surface area is 195 Å². The number of carbonyl (C=O) groups is 1. The number of rotatable bonds is 5. The highest BCUT2D eigenvalue weighted by atomic mass is 32.2. The predicted octanol–water partition coefficient (Wildman–Crippen LogP) is 4.87. The van der Waals surface area contributed by atoms with Gasteiger partial charge >= 0.3 is 12.5 Å². The van der Waals surface area contributed by atoms with Gasteiger partial charge in [-0.15, -0.1) is 13.2 Å². The molecule has 7 nitrogen and oxygen atoms in total. The van der Waals surface area contributed by atoms with Crippen molar-refractivity contribution in [1.29, 1.82) is 0 Å². The van der Waals surface area contributed by atoms with Crippen LogP contribution in [0.5, 0.6) is 5.75 Å². The van der Waals surface area contributed by atoms with Crippen LogP contribution in [0.1, 0.15) is 32.1 Å². The zero-order chi connectivity index (χ0) is 24.5. The zero-order valence-electron chi connectivity index (χ0n) is 18.2. The predicted molar refractivity (Wildman–Crippen MR) is 117 cm³/mol. The maximum Gasteiger partial charge on any atom is 0.573 e. The van der Waals surface area contributed by atoms with Crippen LogP contribution < -0.4 is 10.5 Å². The molecule has 2 N–H and O–H groups in total. The van der Waals surface area contributed by atoms with Gasteiger partial charge in [0.15, 0.2) is 6.23 Å². The lowest BCUT2D eigenvalue weighted by Gasteiger charge is -2.45. The van der Waals surface area contributed by atoms with Crippen molar-refractivity contribution in [3.05, 3.63) is 48.5 Å². The smallest absolute Gasteiger partial charge is 0.429 e. The van der Waals surface area contributed by atoms with Gasteiger partial charge in [0, 0.05) is 12.5 Å². The molecule has 1 aliphatic carbocycles. The number of halogens is 3. The van der Waals surface area contributed by atoms with Gasteiger partial charge < -0.3 is 15.2 Å². The van der Waals surface area contributed by atoms with E-state index in [1.165, 1.54) is 40.7 Å². The number of fused-ring (bicyclic) bond motifs is 1. The van der Waals surface area contributed by atoms with Crippen molar-refractivity contribution in [3.8, 4) is 16.9 Å². The van der Waals surface area contributed by atoms with Gasteiger partial charge in [0.2, 0.25) is 10.0 Å². The Morgan fingerprint density at radius 1 is 0.941 bits per heavy atom. The van der Waals surface area contributed by atoms with Crippen molar-refractivity contribution in [1.82, 2.24) is 4.31 Å². The van der Waals surface area contributed by atoms with E-state index in [1.54, 1.807) is 12.1 Å². The lowest BCUT2D eigenvalue weighted by atomic mass is 9.74. The van der Waals surface area contributed by atoms with E-state index in [1.807, 2.05) is 0 Å². The van der Waals surface area contributed by atoms with Crippen LogP contribution in [0.2, 0.25) is 0 Å². The Hall–Kier alpha value is -2.79. The molecule has 34 heavy (non-hydrogen) atoms. The summed E-state index contributed by atoms with van der Waals surface area (Å²) in [6, 6.07) is 11.3. The average molecular weight is 499 g/mol. The number of sulfonamides is 1. The molecular formula is C23H25F3N2O5S. The monoisotopic (exact) mass is 498 g/mol. The van der Waals surface area contributed by atoms with Crippen molar-refractivity contribution in [2.24, 2.45) is 17.6 Å². The molecule has 4 rings (SSSR count). The SMILES string of the molecule is NC(=O)OC1C2CCCCC2CCN1S(=O)(=O)c1ccc(-c2ccc(OC(F)(F)F)cc2)cc1. The molecule has 2 aromatic carbocycles. The Morgan fingerprint density at radius 3 is 2.12 bits per heavy atom. The summed E-state index contributed by atoms with van der Waals surface area (Å²) in [7, 11) is -3.98. The van der Waals surface area contributed by atoms with Crippen LogP contribution in [0.4, 0.5) is 18.0 Å². The zero-order valence-corrected chi connectivity index (χ0v) is 19.0. The number of amides is 1. The van der Waals surface area contributed by atoms with E-state index in [4.69, 9.17) is 10.5 Å². The van der Waals surface area contributed by atoms with E-state index < -0.39 is 28.7 Å². The summed E-state index contributed by atoms with van der Waals surface area (Å²) in [6.07, 6.45) is -2.29. The molecule has 1 heterocycles. The number of benzene rings is 2. The third-order valence-electron chi connectivity index (χ3n) is 6.46. The van der Waals surface area contributed by atoms with Gasteiger partial charge in [-0.2, -0.15) is 4.31 Å². The topological polar surface area (TPSA) is 98.9 Å². The van der Waals surface area contributed by atoms with Crippen LogP contribution in [0.15, 0.2) is 53.4 Å². The highest BCUT2D eigenvalue weighted by Crippen LogP contribution is 2.42. The number of carbonyl (C=O) groups excluding carboxylic acids is 1. The molecular weight excluding hydrogens is 473 g/mol. The van der Waals surface area contributed by atoms with Gasteiger partial charge in [-0.3, -0.25) is 0 Å². The van der Waals surface area contributed by atoms with Crippen LogP contribution in [-0.2, 0) is 14.8 Å². The van der Waals surface area contributed by atoms with E-state index >= 15 is 0 Å². The molecule has 3 atom stereocenters. The van der Waals surface area contributed by atoms with Crippen molar-refractivity contribution < 1.29 is 35.9 Å². The van der Waals surface area contributed by atoms with Crippen LogP contribution in [-0.4, -0.2) is 38.0 Å². The fourth-order valence-electron chi connectivity index (χ4n) is 4.93. The van der Waals surface area contributed by atoms with Gasteiger partial charge in [-0.1, -0.05) is 37.1 Å². The summed E-state index contributed by atoms with van der Waals surface area (Å²) in [6.45, 7) is 0.226. The maximum atomic E-state index is 13.4. The first-order chi connectivity index (χ1) is 16.0. The van der Waals surface area contributed by atoms with Crippen LogP contribution >= 0.6 is 0 Å². The fourth-order valence-corrected chi connectivity index (χ4v) is 6.50. The Balaban J connectivity index is 1.55. The van der Waals surface area contributed by atoms with Gasteiger partial charge in [-0.05, 0) is 60.6 Å². The number of nitrogens with zero attached hydrogens (tertiary/aromatic N) is 1. The highest BCUT2D eigenvalue weighted by molar-refractivity contribution is 7.89. The highest BCUT2D eigenvalue weighted by Gasteiger charge is 2.46. The maximum absolute atomic E-state index is 13.4. The standard InChI is InChI=1S/C23H25F3N2O5S/c24-23(25,26)33-18-9-5-15(6-10-18)16-7-11-19(12-8-16)34(30,31)28-14-13-17-3-1-2-4-20(17)21(28)32-22(27)29/h5-12,17,20-21H,1-4,13-14H2,(H2,27,29). The van der Waals surface area contributed by atoms with E-state index in [-0.39, 0.29) is 29.0 Å². The van der Waals surface area contributed by atoms with E-state index in [9.17, 15) is 26.4 Å². The largest absolute Gasteiger partial charge is 0.573 e. The minimum atomic E-state index is -4.78. The van der Waals surface area contributed by atoms with E-state index in [0.717, 1.165) is 25.7 Å². The first kappa shape index (κ1) is 24.3. The van der Waals surface area contributed by atoms with Gasteiger partial charge in [0.1, 0.15) is 5.75 Å². The summed E-state index contributed by atoms with van der Waals surface area (Å²) in [5, 5.41) is 0. The third kappa shape index (κ3) is 5.30. The molecule has 184 valence electrons. The molecule has 1 amide bonds. The lowest BCUT2D eigenvalue weighted by Crippen LogP contribution is -2.54. The number of ether oxygens (including phenoxy) is 2. The van der Waals surface area contributed by atoms with Crippen molar-refractivity contribution in [3.63, 3.8) is 0 Å². The summed E-state index contributed by atoms with van der Waals surface area (Å²) in [5.41, 5.74) is 6.48. The molecule has 1 aliphatic heterocycles. The Morgan fingerprint density at radius 2 is 1.53 bits per heavy atom. The molecule has 1 saturated heterocycles. The number of piperidine rings is 1. The van der Waals surface area contributed by atoms with E-state index in [0.29, 0.717) is 17.5 Å². The van der Waals surface area contributed by atoms with Gasteiger partial charge in [0.25, 0.3) is 0 Å². The van der Waals surface area contributed by atoms with Crippen molar-refractivity contribution in [2.45, 2.75) is 49.6 Å². The lowest BCUT2D eigenvalue weighted by molar-refractivity contribution is -0.274. The summed E-state index contributed by atoms with van der Waals surface area (Å²) >= 11 is 0. The van der Waals surface area contributed by atoms with Crippen molar-refractivity contribution in [2.75, 3.05) is 6.54 Å². The molecule has 3 unspecified atom stereocenters. The van der Waals surface area contributed by atoms with Crippen molar-refractivity contribution >= 4 is 16.1 Å². The average Bonchev–Trinajstić information content (AvgIpc) is 2.78. The Kier molecular flexibility index (Phi) is 6.77.